The van der Waals surface area contributed by atoms with E-state index < -0.39 is 11.7 Å². The molecule has 0 aliphatic carbocycles. The van der Waals surface area contributed by atoms with Crippen molar-refractivity contribution in [3.05, 3.63) is 52.3 Å². The number of hydrogen-bond acceptors (Lipinski definition) is 4. The van der Waals surface area contributed by atoms with Gasteiger partial charge in [-0.15, -0.1) is 0 Å². The first-order chi connectivity index (χ1) is 11.0. The molecule has 0 aliphatic heterocycles. The molecule has 2 aromatic carbocycles. The lowest BCUT2D eigenvalue weighted by molar-refractivity contribution is -0.118. The van der Waals surface area contributed by atoms with E-state index in [0.717, 1.165) is 0 Å². The second-order valence-electron chi connectivity index (χ2n) is 4.49. The summed E-state index contributed by atoms with van der Waals surface area (Å²) < 4.78 is 24.6. The zero-order valence-electron chi connectivity index (χ0n) is 12.1. The number of halogens is 2. The highest BCUT2D eigenvalue weighted by molar-refractivity contribution is 9.10. The van der Waals surface area contributed by atoms with Crippen molar-refractivity contribution < 1.29 is 23.5 Å². The Balaban J connectivity index is 2.00. The molecule has 0 radical (unpaired) electrons. The molecule has 0 spiro atoms. The van der Waals surface area contributed by atoms with Gasteiger partial charge in [-0.2, -0.15) is 0 Å². The summed E-state index contributed by atoms with van der Waals surface area (Å²) >= 11 is 3.14. The van der Waals surface area contributed by atoms with Crippen LogP contribution in [0.4, 0.5) is 10.1 Å². The number of rotatable bonds is 6. The highest BCUT2D eigenvalue weighted by Gasteiger charge is 2.11. The van der Waals surface area contributed by atoms with Crippen molar-refractivity contribution in [1.29, 1.82) is 0 Å². The third-order valence-corrected chi connectivity index (χ3v) is 3.38. The molecule has 0 heterocycles. The summed E-state index contributed by atoms with van der Waals surface area (Å²) in [5, 5.41) is 2.41. The minimum Gasteiger partial charge on any atom is -0.493 e. The minimum atomic E-state index is -0.555. The fourth-order valence-electron chi connectivity index (χ4n) is 1.80. The van der Waals surface area contributed by atoms with Gasteiger partial charge in [0.1, 0.15) is 12.1 Å². The quantitative estimate of drug-likeness (QED) is 0.778. The standard InChI is InChI=1S/C16H13BrFNO4/c1-22-15-6-10(8-20)2-5-14(15)23-9-16(21)19-13-4-3-11(17)7-12(13)18/h2-8H,9H2,1H3,(H,19,21). The van der Waals surface area contributed by atoms with E-state index in [1.807, 2.05) is 0 Å². The Bertz CT molecular complexity index is 736. The van der Waals surface area contributed by atoms with Crippen LogP contribution in [0.1, 0.15) is 10.4 Å². The van der Waals surface area contributed by atoms with E-state index in [0.29, 0.717) is 27.8 Å². The normalized spacial score (nSPS) is 10.0. The maximum Gasteiger partial charge on any atom is 0.262 e. The predicted molar refractivity (Wildman–Crippen MR) is 86.6 cm³/mol. The summed E-state index contributed by atoms with van der Waals surface area (Å²) in [6.07, 6.45) is 0.676. The first-order valence-corrected chi connectivity index (χ1v) is 7.33. The summed E-state index contributed by atoms with van der Waals surface area (Å²) in [6.45, 7) is -0.327. The Morgan fingerprint density at radius 3 is 2.70 bits per heavy atom. The van der Waals surface area contributed by atoms with Gasteiger partial charge in [0.25, 0.3) is 5.91 Å². The third kappa shape index (κ3) is 4.53. The molecular weight excluding hydrogens is 369 g/mol. The molecule has 5 nitrogen and oxygen atoms in total. The molecule has 0 bridgehead atoms. The van der Waals surface area contributed by atoms with Crippen LogP contribution in [0.2, 0.25) is 0 Å². The lowest BCUT2D eigenvalue weighted by Crippen LogP contribution is -2.21. The molecule has 0 aromatic heterocycles. The highest BCUT2D eigenvalue weighted by Crippen LogP contribution is 2.27. The van der Waals surface area contributed by atoms with Crippen molar-refractivity contribution in [2.24, 2.45) is 0 Å². The topological polar surface area (TPSA) is 64.6 Å². The van der Waals surface area contributed by atoms with Gasteiger partial charge >= 0.3 is 0 Å². The monoisotopic (exact) mass is 381 g/mol. The van der Waals surface area contributed by atoms with Gasteiger partial charge in [0.2, 0.25) is 0 Å². The van der Waals surface area contributed by atoms with Crippen LogP contribution in [-0.4, -0.2) is 25.9 Å². The fraction of sp³-hybridized carbons (Fsp3) is 0.125. The summed E-state index contributed by atoms with van der Waals surface area (Å²) in [5.74, 6) is -0.435. The maximum absolute atomic E-state index is 13.6. The van der Waals surface area contributed by atoms with Gasteiger partial charge in [-0.25, -0.2) is 4.39 Å². The molecule has 2 aromatic rings. The molecule has 2 rings (SSSR count). The van der Waals surface area contributed by atoms with Crippen LogP contribution in [0.5, 0.6) is 11.5 Å². The molecule has 0 atom stereocenters. The molecule has 0 aliphatic rings. The Kier molecular flexibility index (Phi) is 5.70. The van der Waals surface area contributed by atoms with Gasteiger partial charge in [0, 0.05) is 10.0 Å². The first kappa shape index (κ1) is 17.0. The third-order valence-electron chi connectivity index (χ3n) is 2.89. The van der Waals surface area contributed by atoms with Crippen LogP contribution in [0.25, 0.3) is 0 Å². The van der Waals surface area contributed by atoms with Crippen molar-refractivity contribution in [3.63, 3.8) is 0 Å². The second kappa shape index (κ2) is 7.73. The molecule has 1 N–H and O–H groups in total. The zero-order valence-corrected chi connectivity index (χ0v) is 13.7. The first-order valence-electron chi connectivity index (χ1n) is 6.54. The van der Waals surface area contributed by atoms with Gasteiger partial charge < -0.3 is 14.8 Å². The fourth-order valence-corrected chi connectivity index (χ4v) is 2.13. The average Bonchev–Trinajstić information content (AvgIpc) is 2.55. The predicted octanol–water partition coefficient (Wildman–Crippen LogP) is 3.43. The molecule has 23 heavy (non-hydrogen) atoms. The van der Waals surface area contributed by atoms with E-state index in [2.05, 4.69) is 21.2 Å². The lowest BCUT2D eigenvalue weighted by atomic mass is 10.2. The molecule has 0 saturated heterocycles. The van der Waals surface area contributed by atoms with Gasteiger partial charge in [0.15, 0.2) is 18.1 Å². The molecule has 0 fully saturated rings. The number of nitrogens with one attached hydrogen (secondary N) is 1. The van der Waals surface area contributed by atoms with E-state index >= 15 is 0 Å². The average molecular weight is 382 g/mol. The maximum atomic E-state index is 13.6. The molecule has 0 unspecified atom stereocenters. The summed E-state index contributed by atoms with van der Waals surface area (Å²) in [5.41, 5.74) is 0.487. The number of methoxy groups -OCH3 is 1. The van der Waals surface area contributed by atoms with Crippen LogP contribution in [-0.2, 0) is 4.79 Å². The molecular formula is C16H13BrFNO4. The van der Waals surface area contributed by atoms with Crippen LogP contribution in [0.15, 0.2) is 40.9 Å². The summed E-state index contributed by atoms with van der Waals surface area (Å²) in [4.78, 5) is 22.5. The molecule has 7 heteroatoms. The largest absolute Gasteiger partial charge is 0.493 e. The number of anilines is 1. The van der Waals surface area contributed by atoms with Gasteiger partial charge in [-0.1, -0.05) is 15.9 Å². The second-order valence-corrected chi connectivity index (χ2v) is 5.40. The van der Waals surface area contributed by atoms with Crippen molar-refractivity contribution in [2.45, 2.75) is 0 Å². The van der Waals surface area contributed by atoms with E-state index in [1.165, 1.54) is 37.4 Å². The number of ether oxygens (including phenoxy) is 2. The van der Waals surface area contributed by atoms with E-state index in [4.69, 9.17) is 9.47 Å². The number of carbonyl (C=O) groups excluding carboxylic acids is 2. The number of carbonyl (C=O) groups is 2. The Labute approximate surface area is 140 Å². The number of amides is 1. The lowest BCUT2D eigenvalue weighted by Gasteiger charge is -2.11. The minimum absolute atomic E-state index is 0.0602. The van der Waals surface area contributed by atoms with Crippen LogP contribution in [0.3, 0.4) is 0 Å². The Morgan fingerprint density at radius 2 is 2.04 bits per heavy atom. The highest BCUT2D eigenvalue weighted by atomic mass is 79.9. The van der Waals surface area contributed by atoms with Gasteiger partial charge in [-0.3, -0.25) is 9.59 Å². The number of benzene rings is 2. The number of hydrogen-bond donors (Lipinski definition) is 1. The van der Waals surface area contributed by atoms with Crippen molar-refractivity contribution >= 4 is 33.8 Å². The van der Waals surface area contributed by atoms with E-state index in [-0.39, 0.29) is 12.3 Å². The summed E-state index contributed by atoms with van der Waals surface area (Å²) in [7, 11) is 1.42. The van der Waals surface area contributed by atoms with Crippen molar-refractivity contribution in [1.82, 2.24) is 0 Å². The molecule has 120 valence electrons. The zero-order chi connectivity index (χ0) is 16.8. The van der Waals surface area contributed by atoms with Crippen molar-refractivity contribution in [3.8, 4) is 11.5 Å². The van der Waals surface area contributed by atoms with Crippen molar-refractivity contribution in [2.75, 3.05) is 19.0 Å². The Morgan fingerprint density at radius 1 is 1.26 bits per heavy atom. The molecule has 0 saturated carbocycles. The van der Waals surface area contributed by atoms with E-state index in [9.17, 15) is 14.0 Å². The Hall–Kier alpha value is -2.41. The summed E-state index contributed by atoms with van der Waals surface area (Å²) in [6, 6.07) is 8.86. The van der Waals surface area contributed by atoms with Gasteiger partial charge in [0.05, 0.1) is 12.8 Å². The van der Waals surface area contributed by atoms with E-state index in [1.54, 1.807) is 6.07 Å². The molecule has 1 amide bonds. The van der Waals surface area contributed by atoms with Gasteiger partial charge in [-0.05, 0) is 36.4 Å². The van der Waals surface area contributed by atoms with Crippen LogP contribution in [0, 0.1) is 5.82 Å². The smallest absolute Gasteiger partial charge is 0.262 e. The van der Waals surface area contributed by atoms with Crippen LogP contribution >= 0.6 is 15.9 Å². The SMILES string of the molecule is COc1cc(C=O)ccc1OCC(=O)Nc1ccc(Br)cc1F. The number of aldehydes is 1. The van der Waals surface area contributed by atoms with Crippen LogP contribution < -0.4 is 14.8 Å².